The maximum absolute atomic E-state index is 13.2. The lowest BCUT2D eigenvalue weighted by atomic mass is 10.1. The Morgan fingerprint density at radius 3 is 2.38 bits per heavy atom. The monoisotopic (exact) mass is 540 g/mol. The number of carbonyl (C=O) groups excluding carboxylic acids is 3. The molecule has 11 nitrogen and oxygen atoms in total. The second-order valence-electron chi connectivity index (χ2n) is 9.69. The minimum absolute atomic E-state index is 0.0513. The van der Waals surface area contributed by atoms with Crippen molar-refractivity contribution in [1.82, 2.24) is 20.0 Å². The number of rotatable bonds is 8. The van der Waals surface area contributed by atoms with Crippen molar-refractivity contribution in [3.63, 3.8) is 0 Å². The highest BCUT2D eigenvalue weighted by atomic mass is 16.6. The number of benzene rings is 2. The van der Waals surface area contributed by atoms with Crippen molar-refractivity contribution in [3.8, 4) is 5.75 Å². The average Bonchev–Trinajstić information content (AvgIpc) is 3.21. The molecule has 11 heteroatoms. The summed E-state index contributed by atoms with van der Waals surface area (Å²) in [4.78, 5) is 44.0. The van der Waals surface area contributed by atoms with Crippen LogP contribution in [0.4, 0.5) is 4.79 Å². The summed E-state index contributed by atoms with van der Waals surface area (Å²) in [6.45, 7) is 4.27. The van der Waals surface area contributed by atoms with Crippen molar-refractivity contribution in [2.75, 3.05) is 59.1 Å². The SMILES string of the molecule is O=C(NC(CO)C(=O)N1CCCN(C(=O)OCc2ccccc2)CC1)c1cc(O)cc(CN2CCOCC2)c1. The summed E-state index contributed by atoms with van der Waals surface area (Å²) < 4.78 is 10.8. The van der Waals surface area contributed by atoms with E-state index in [1.165, 1.54) is 11.0 Å². The fourth-order valence-corrected chi connectivity index (χ4v) is 4.69. The van der Waals surface area contributed by atoms with Crippen molar-refractivity contribution < 1.29 is 34.1 Å². The Hall–Kier alpha value is -3.67. The predicted molar refractivity (Wildman–Crippen MR) is 142 cm³/mol. The van der Waals surface area contributed by atoms with Gasteiger partial charge >= 0.3 is 6.09 Å². The lowest BCUT2D eigenvalue weighted by Gasteiger charge is -2.27. The van der Waals surface area contributed by atoms with Gasteiger partial charge in [-0.05, 0) is 35.7 Å². The summed E-state index contributed by atoms with van der Waals surface area (Å²) in [7, 11) is 0. The average molecular weight is 541 g/mol. The highest BCUT2D eigenvalue weighted by Crippen LogP contribution is 2.18. The molecule has 0 radical (unpaired) electrons. The summed E-state index contributed by atoms with van der Waals surface area (Å²) in [6.07, 6.45) is 0.0901. The fourth-order valence-electron chi connectivity index (χ4n) is 4.69. The lowest BCUT2D eigenvalue weighted by molar-refractivity contribution is -0.134. The van der Waals surface area contributed by atoms with Crippen LogP contribution in [-0.4, -0.2) is 108 Å². The van der Waals surface area contributed by atoms with Gasteiger partial charge in [0.2, 0.25) is 5.91 Å². The minimum Gasteiger partial charge on any atom is -0.508 e. The molecule has 0 spiro atoms. The number of aliphatic hydroxyl groups excluding tert-OH is 1. The highest BCUT2D eigenvalue weighted by Gasteiger charge is 2.29. The second-order valence-corrected chi connectivity index (χ2v) is 9.69. The molecule has 2 aliphatic rings. The molecule has 3 amide bonds. The number of phenols is 1. The molecule has 3 N–H and O–H groups in total. The molecule has 210 valence electrons. The summed E-state index contributed by atoms with van der Waals surface area (Å²) in [5.41, 5.74) is 1.85. The summed E-state index contributed by atoms with van der Waals surface area (Å²) in [5, 5.41) is 22.7. The summed E-state index contributed by atoms with van der Waals surface area (Å²) in [5.74, 6) is -1.05. The minimum atomic E-state index is -1.15. The smallest absolute Gasteiger partial charge is 0.410 e. The molecule has 2 aromatic carbocycles. The first kappa shape index (κ1) is 28.3. The van der Waals surface area contributed by atoms with Gasteiger partial charge in [0.15, 0.2) is 0 Å². The van der Waals surface area contributed by atoms with Gasteiger partial charge in [-0.2, -0.15) is 0 Å². The van der Waals surface area contributed by atoms with Gasteiger partial charge in [0.05, 0.1) is 19.8 Å². The molecule has 0 saturated carbocycles. The Balaban J connectivity index is 1.31. The van der Waals surface area contributed by atoms with E-state index in [4.69, 9.17) is 9.47 Å². The van der Waals surface area contributed by atoms with Gasteiger partial charge in [-0.25, -0.2) is 4.79 Å². The molecule has 0 aliphatic carbocycles. The predicted octanol–water partition coefficient (Wildman–Crippen LogP) is 1.19. The molecular formula is C28H36N4O7. The van der Waals surface area contributed by atoms with Crippen LogP contribution >= 0.6 is 0 Å². The largest absolute Gasteiger partial charge is 0.508 e. The first-order valence-electron chi connectivity index (χ1n) is 13.2. The van der Waals surface area contributed by atoms with Crippen molar-refractivity contribution in [1.29, 1.82) is 0 Å². The Morgan fingerprint density at radius 1 is 0.923 bits per heavy atom. The zero-order valence-corrected chi connectivity index (χ0v) is 22.0. The molecule has 2 aliphatic heterocycles. The maximum atomic E-state index is 13.2. The zero-order chi connectivity index (χ0) is 27.6. The van der Waals surface area contributed by atoms with E-state index in [1.807, 2.05) is 30.3 Å². The third-order valence-corrected chi connectivity index (χ3v) is 6.81. The Labute approximate surface area is 227 Å². The molecular weight excluding hydrogens is 504 g/mol. The number of carbonyl (C=O) groups is 3. The van der Waals surface area contributed by atoms with Gasteiger partial charge in [0.1, 0.15) is 18.4 Å². The Bertz CT molecular complexity index is 1120. The van der Waals surface area contributed by atoms with Crippen LogP contribution in [0.3, 0.4) is 0 Å². The van der Waals surface area contributed by atoms with E-state index in [0.717, 1.165) is 24.2 Å². The van der Waals surface area contributed by atoms with Crippen LogP contribution in [-0.2, 0) is 27.4 Å². The van der Waals surface area contributed by atoms with Gasteiger partial charge in [0, 0.05) is 51.4 Å². The topological polar surface area (TPSA) is 132 Å². The number of aliphatic hydroxyl groups is 1. The van der Waals surface area contributed by atoms with Crippen LogP contribution in [0, 0.1) is 0 Å². The molecule has 4 rings (SSSR count). The quantitative estimate of drug-likeness (QED) is 0.455. The normalized spacial score (nSPS) is 17.3. The number of amides is 3. The third kappa shape index (κ3) is 8.16. The number of aromatic hydroxyl groups is 1. The van der Waals surface area contributed by atoms with Crippen LogP contribution in [0.1, 0.15) is 27.9 Å². The van der Waals surface area contributed by atoms with Crippen LogP contribution < -0.4 is 5.32 Å². The van der Waals surface area contributed by atoms with Gasteiger partial charge in [0.25, 0.3) is 5.91 Å². The van der Waals surface area contributed by atoms with Crippen molar-refractivity contribution >= 4 is 17.9 Å². The van der Waals surface area contributed by atoms with E-state index < -0.39 is 30.6 Å². The van der Waals surface area contributed by atoms with E-state index in [1.54, 1.807) is 17.0 Å². The number of ether oxygens (including phenoxy) is 2. The number of phenolic OH excluding ortho intramolecular Hbond substituents is 1. The van der Waals surface area contributed by atoms with Crippen molar-refractivity contribution in [3.05, 3.63) is 65.2 Å². The summed E-state index contributed by atoms with van der Waals surface area (Å²) in [6, 6.07) is 12.9. The van der Waals surface area contributed by atoms with E-state index in [-0.39, 0.29) is 31.0 Å². The van der Waals surface area contributed by atoms with E-state index in [2.05, 4.69) is 10.2 Å². The van der Waals surface area contributed by atoms with Crippen LogP contribution in [0.5, 0.6) is 5.75 Å². The molecule has 1 atom stereocenters. The molecule has 2 aromatic rings. The molecule has 39 heavy (non-hydrogen) atoms. The second kappa shape index (κ2) is 13.9. The molecule has 2 heterocycles. The van der Waals surface area contributed by atoms with Gasteiger partial charge in [-0.15, -0.1) is 0 Å². The summed E-state index contributed by atoms with van der Waals surface area (Å²) >= 11 is 0. The maximum Gasteiger partial charge on any atom is 0.410 e. The highest BCUT2D eigenvalue weighted by molar-refractivity contribution is 5.98. The van der Waals surface area contributed by atoms with Crippen LogP contribution in [0.25, 0.3) is 0 Å². The molecule has 0 aromatic heterocycles. The van der Waals surface area contributed by atoms with Crippen LogP contribution in [0.2, 0.25) is 0 Å². The van der Waals surface area contributed by atoms with E-state index in [0.29, 0.717) is 39.3 Å². The molecule has 2 fully saturated rings. The first-order chi connectivity index (χ1) is 18.9. The Kier molecular flexibility index (Phi) is 10.1. The number of nitrogens with one attached hydrogen (secondary N) is 1. The first-order valence-corrected chi connectivity index (χ1v) is 13.2. The standard InChI is InChI=1S/C28H36N4O7/c33-19-25(29-26(35)23-15-22(16-24(34)17-23)18-30-11-13-38-14-12-30)27(36)31-7-4-8-32(10-9-31)28(37)39-20-21-5-2-1-3-6-21/h1-3,5-6,15-17,25,33-34H,4,7-14,18-20H2,(H,29,35). The van der Waals surface area contributed by atoms with Gasteiger partial charge in [-0.1, -0.05) is 30.3 Å². The van der Waals surface area contributed by atoms with E-state index in [9.17, 15) is 24.6 Å². The third-order valence-electron chi connectivity index (χ3n) is 6.81. The lowest BCUT2D eigenvalue weighted by Crippen LogP contribution is -2.51. The van der Waals surface area contributed by atoms with Crippen molar-refractivity contribution in [2.24, 2.45) is 0 Å². The Morgan fingerprint density at radius 2 is 1.64 bits per heavy atom. The van der Waals surface area contributed by atoms with Gasteiger partial charge in [-0.3, -0.25) is 14.5 Å². The molecule has 0 bridgehead atoms. The number of hydrogen-bond acceptors (Lipinski definition) is 8. The fraction of sp³-hybridized carbons (Fsp3) is 0.464. The van der Waals surface area contributed by atoms with E-state index >= 15 is 0 Å². The molecule has 2 saturated heterocycles. The number of nitrogens with zero attached hydrogens (tertiary/aromatic N) is 3. The molecule has 1 unspecified atom stereocenters. The number of hydrogen-bond donors (Lipinski definition) is 3. The zero-order valence-electron chi connectivity index (χ0n) is 22.0. The number of morpholine rings is 1. The van der Waals surface area contributed by atoms with Crippen molar-refractivity contribution in [2.45, 2.75) is 25.6 Å². The van der Waals surface area contributed by atoms with Gasteiger partial charge < -0.3 is 34.8 Å². The van der Waals surface area contributed by atoms with Crippen LogP contribution in [0.15, 0.2) is 48.5 Å².